The Hall–Kier alpha value is 0.394. The highest BCUT2D eigenvalue weighted by atomic mass is 29.3. The van der Waals surface area contributed by atoms with Crippen molar-refractivity contribution in [1.82, 2.24) is 0 Å². The molecule has 1 atom stereocenters. The molecule has 0 bridgehead atoms. The van der Waals surface area contributed by atoms with E-state index in [0.29, 0.717) is 0 Å². The summed E-state index contributed by atoms with van der Waals surface area (Å²) in [5.74, 6) is 0. The van der Waals surface area contributed by atoms with Crippen LogP contribution in [0, 0.1) is 0 Å². The molecule has 15 heavy (non-hydrogen) atoms. The Balaban J connectivity index is 2.79. The second-order valence-corrected chi connectivity index (χ2v) is 21.4. The normalized spacial score (nSPS) is 23.8. The quantitative estimate of drug-likeness (QED) is 0.668. The third-order valence-electron chi connectivity index (χ3n) is 4.32. The second-order valence-electron chi connectivity index (χ2n) is 6.12. The van der Waals surface area contributed by atoms with Gasteiger partial charge in [0, 0.05) is 6.61 Å². The van der Waals surface area contributed by atoms with Crippen LogP contribution in [0.3, 0.4) is 0 Å². The van der Waals surface area contributed by atoms with Gasteiger partial charge in [0.05, 0.1) is 7.59 Å². The van der Waals surface area contributed by atoms with E-state index in [1.54, 1.807) is 0 Å². The Bertz CT molecular complexity index is 194. The third kappa shape index (κ3) is 2.95. The molecule has 3 heteroatoms. The van der Waals surface area contributed by atoms with Crippen LogP contribution in [0.25, 0.3) is 0 Å². The summed E-state index contributed by atoms with van der Waals surface area (Å²) in [4.78, 5) is 0. The Kier molecular flexibility index (Phi) is 4.62. The van der Waals surface area contributed by atoms with Crippen LogP contribution >= 0.6 is 0 Å². The first-order valence-corrected chi connectivity index (χ1v) is 13.5. The lowest BCUT2D eigenvalue weighted by molar-refractivity contribution is 0.314. The molecule has 1 aliphatic rings. The van der Waals surface area contributed by atoms with Crippen molar-refractivity contribution < 1.29 is 4.43 Å². The molecule has 0 amide bonds. The van der Waals surface area contributed by atoms with Crippen LogP contribution in [0.4, 0.5) is 0 Å². The topological polar surface area (TPSA) is 9.23 Å². The fraction of sp³-hybridized carbons (Fsp3) is 1.00. The van der Waals surface area contributed by atoms with Crippen LogP contribution in [-0.4, -0.2) is 22.0 Å². The Morgan fingerprint density at radius 3 is 1.93 bits per heavy atom. The van der Waals surface area contributed by atoms with Crippen LogP contribution in [0.15, 0.2) is 0 Å². The smallest absolute Gasteiger partial charge is 0.179 e. The van der Waals surface area contributed by atoms with Gasteiger partial charge in [-0.15, -0.1) is 0 Å². The number of hydrogen-bond donors (Lipinski definition) is 0. The fourth-order valence-corrected chi connectivity index (χ4v) is 13.2. The molecule has 1 fully saturated rings. The van der Waals surface area contributed by atoms with Gasteiger partial charge in [0.25, 0.3) is 0 Å². The lowest BCUT2D eigenvalue weighted by atomic mass is 10.0. The zero-order chi connectivity index (χ0) is 11.5. The predicted octanol–water partition coefficient (Wildman–Crippen LogP) is 4.35. The van der Waals surface area contributed by atoms with Gasteiger partial charge in [-0.3, -0.25) is 0 Å². The number of rotatable bonds is 4. The van der Waals surface area contributed by atoms with Crippen LogP contribution < -0.4 is 0 Å². The molecular formula is C12H28OSi2. The lowest BCUT2D eigenvalue weighted by Gasteiger charge is -2.45. The van der Waals surface area contributed by atoms with Crippen LogP contribution in [0.5, 0.6) is 0 Å². The van der Waals surface area contributed by atoms with E-state index in [4.69, 9.17) is 4.43 Å². The van der Waals surface area contributed by atoms with Crippen LogP contribution in [0.1, 0.15) is 39.0 Å². The summed E-state index contributed by atoms with van der Waals surface area (Å²) in [7, 11) is -2.51. The first-order chi connectivity index (χ1) is 6.92. The Morgan fingerprint density at radius 2 is 1.53 bits per heavy atom. The van der Waals surface area contributed by atoms with Crippen molar-refractivity contribution in [2.45, 2.75) is 70.8 Å². The molecule has 0 aromatic rings. The Morgan fingerprint density at radius 1 is 1.00 bits per heavy atom. The largest absolute Gasteiger partial charge is 0.420 e. The SMILES string of the molecule is CCO[Si](C)(C1CCCCC1)[Si](C)(C)C. The highest BCUT2D eigenvalue weighted by Gasteiger charge is 2.49. The second kappa shape index (κ2) is 5.15. The summed E-state index contributed by atoms with van der Waals surface area (Å²) in [6.45, 7) is 13.2. The zero-order valence-electron chi connectivity index (χ0n) is 11.2. The minimum atomic E-state index is -1.41. The van der Waals surface area contributed by atoms with E-state index in [1.807, 2.05) is 0 Å². The summed E-state index contributed by atoms with van der Waals surface area (Å²) in [6, 6.07) is 0. The van der Waals surface area contributed by atoms with Crippen molar-refractivity contribution in [3.63, 3.8) is 0 Å². The maximum Gasteiger partial charge on any atom is 0.179 e. The van der Waals surface area contributed by atoms with Crippen LogP contribution in [-0.2, 0) is 4.43 Å². The van der Waals surface area contributed by atoms with Gasteiger partial charge in [-0.25, -0.2) is 0 Å². The molecule has 1 nitrogen and oxygen atoms in total. The van der Waals surface area contributed by atoms with Gasteiger partial charge >= 0.3 is 0 Å². The molecule has 0 N–H and O–H groups in total. The molecule has 1 saturated carbocycles. The minimum Gasteiger partial charge on any atom is -0.420 e. The molecule has 0 heterocycles. The molecule has 0 radical (unpaired) electrons. The van der Waals surface area contributed by atoms with Gasteiger partial charge in [0.2, 0.25) is 0 Å². The molecule has 1 unspecified atom stereocenters. The van der Waals surface area contributed by atoms with E-state index in [9.17, 15) is 0 Å². The van der Waals surface area contributed by atoms with Crippen molar-refractivity contribution in [3.05, 3.63) is 0 Å². The van der Waals surface area contributed by atoms with E-state index in [1.165, 1.54) is 32.1 Å². The van der Waals surface area contributed by atoms with Crippen molar-refractivity contribution in [2.75, 3.05) is 6.61 Å². The summed E-state index contributed by atoms with van der Waals surface area (Å²) in [5, 5.41) is 0. The molecule has 1 aliphatic carbocycles. The first-order valence-electron chi connectivity index (χ1n) is 6.56. The van der Waals surface area contributed by atoms with E-state index < -0.39 is 15.4 Å². The maximum absolute atomic E-state index is 6.33. The summed E-state index contributed by atoms with van der Waals surface area (Å²) < 4.78 is 6.33. The predicted molar refractivity (Wildman–Crippen MR) is 73.4 cm³/mol. The Labute approximate surface area is 97.5 Å². The van der Waals surface area contributed by atoms with Crippen molar-refractivity contribution in [1.29, 1.82) is 0 Å². The van der Waals surface area contributed by atoms with Crippen LogP contribution in [0.2, 0.25) is 31.7 Å². The average molecular weight is 245 g/mol. The van der Waals surface area contributed by atoms with Crippen molar-refractivity contribution in [2.24, 2.45) is 0 Å². The standard InChI is InChI=1S/C12H28OSi2/c1-6-13-15(5,14(2,3)4)12-10-8-7-9-11-12/h12H,6-11H2,1-5H3. The highest BCUT2D eigenvalue weighted by Crippen LogP contribution is 2.41. The highest BCUT2D eigenvalue weighted by molar-refractivity contribution is 7.38. The average Bonchev–Trinajstić information content (AvgIpc) is 2.18. The molecule has 90 valence electrons. The van der Waals surface area contributed by atoms with Gasteiger partial charge in [-0.1, -0.05) is 51.7 Å². The molecular weight excluding hydrogens is 216 g/mol. The molecule has 0 spiro atoms. The summed E-state index contributed by atoms with van der Waals surface area (Å²) in [5.41, 5.74) is 0.956. The van der Waals surface area contributed by atoms with Crippen molar-refractivity contribution >= 4 is 15.4 Å². The third-order valence-corrected chi connectivity index (χ3v) is 20.9. The molecule has 1 rings (SSSR count). The van der Waals surface area contributed by atoms with E-state index in [2.05, 4.69) is 33.1 Å². The van der Waals surface area contributed by atoms with E-state index in [0.717, 1.165) is 12.1 Å². The monoisotopic (exact) mass is 244 g/mol. The molecule has 0 saturated heterocycles. The molecule has 0 aliphatic heterocycles. The van der Waals surface area contributed by atoms with Gasteiger partial charge < -0.3 is 4.43 Å². The van der Waals surface area contributed by atoms with Gasteiger partial charge in [-0.2, -0.15) is 0 Å². The van der Waals surface area contributed by atoms with Crippen molar-refractivity contribution in [3.8, 4) is 0 Å². The number of hydrogen-bond acceptors (Lipinski definition) is 1. The fourth-order valence-electron chi connectivity index (χ4n) is 2.90. The minimum absolute atomic E-state index is 0.934. The van der Waals surface area contributed by atoms with Gasteiger partial charge in [0.1, 0.15) is 0 Å². The van der Waals surface area contributed by atoms with E-state index in [-0.39, 0.29) is 0 Å². The van der Waals surface area contributed by atoms with E-state index >= 15 is 0 Å². The zero-order valence-corrected chi connectivity index (χ0v) is 13.2. The maximum atomic E-state index is 6.33. The lowest BCUT2D eigenvalue weighted by Crippen LogP contribution is -2.60. The molecule has 0 aromatic carbocycles. The summed E-state index contributed by atoms with van der Waals surface area (Å²) in [6.07, 6.45) is 7.26. The van der Waals surface area contributed by atoms with Gasteiger partial charge in [-0.05, 0) is 19.0 Å². The first kappa shape index (κ1) is 13.5. The summed E-state index contributed by atoms with van der Waals surface area (Å²) >= 11 is 0. The molecule has 0 aromatic heterocycles. The van der Waals surface area contributed by atoms with Gasteiger partial charge in [0.15, 0.2) is 7.83 Å².